The predicted molar refractivity (Wildman–Crippen MR) is 136 cm³/mol. The van der Waals surface area contributed by atoms with E-state index in [-0.39, 0.29) is 5.56 Å². The number of H-pyrrole nitrogens is 1. The summed E-state index contributed by atoms with van der Waals surface area (Å²) in [7, 11) is 2.14. The monoisotopic (exact) mass is 454 g/mol. The number of aromatic amines is 1. The van der Waals surface area contributed by atoms with E-state index in [0.717, 1.165) is 31.9 Å². The van der Waals surface area contributed by atoms with Crippen LogP contribution in [0.5, 0.6) is 0 Å². The number of piperazine rings is 1. The lowest BCUT2D eigenvalue weighted by atomic mass is 10.0. The highest BCUT2D eigenvalue weighted by molar-refractivity contribution is 6.01. The molecule has 0 saturated carbocycles. The zero-order valence-corrected chi connectivity index (χ0v) is 18.9. The summed E-state index contributed by atoms with van der Waals surface area (Å²) in [6, 6.07) is 18.8. The van der Waals surface area contributed by atoms with Crippen molar-refractivity contribution >= 4 is 33.9 Å². The SMILES string of the molecule is CN1CCN(c2ccc(Nc3nc(-c4ccccc4C(N)=O)cc4cc[nH]c(=O)c34)cc2)CC1. The molecule has 8 nitrogen and oxygen atoms in total. The van der Waals surface area contributed by atoms with Gasteiger partial charge in [0.15, 0.2) is 0 Å². The third kappa shape index (κ3) is 4.23. The third-order valence-corrected chi connectivity index (χ3v) is 6.22. The largest absolute Gasteiger partial charge is 0.369 e. The van der Waals surface area contributed by atoms with Gasteiger partial charge >= 0.3 is 0 Å². The number of amides is 1. The number of carbonyl (C=O) groups is 1. The molecule has 8 heteroatoms. The molecule has 2 aromatic heterocycles. The van der Waals surface area contributed by atoms with Gasteiger partial charge in [0.1, 0.15) is 5.82 Å². The molecule has 0 bridgehead atoms. The Kier molecular flexibility index (Phi) is 5.73. The lowest BCUT2D eigenvalue weighted by Crippen LogP contribution is -2.44. The molecule has 4 aromatic rings. The van der Waals surface area contributed by atoms with Crippen LogP contribution in [0.25, 0.3) is 22.0 Å². The topological polar surface area (TPSA) is 107 Å². The van der Waals surface area contributed by atoms with Gasteiger partial charge in [-0.3, -0.25) is 9.59 Å². The van der Waals surface area contributed by atoms with Crippen molar-refractivity contribution in [2.75, 3.05) is 43.4 Å². The van der Waals surface area contributed by atoms with Gasteiger partial charge in [0.2, 0.25) is 5.91 Å². The Morgan fingerprint density at radius 2 is 1.76 bits per heavy atom. The van der Waals surface area contributed by atoms with Gasteiger partial charge in [-0.2, -0.15) is 0 Å². The van der Waals surface area contributed by atoms with Crippen LogP contribution in [-0.2, 0) is 0 Å². The number of aromatic nitrogens is 2. The number of hydrogen-bond acceptors (Lipinski definition) is 6. The van der Waals surface area contributed by atoms with Crippen LogP contribution in [0.2, 0.25) is 0 Å². The zero-order chi connectivity index (χ0) is 23.7. The lowest BCUT2D eigenvalue weighted by Gasteiger charge is -2.34. The van der Waals surface area contributed by atoms with E-state index < -0.39 is 5.91 Å². The molecule has 0 radical (unpaired) electrons. The van der Waals surface area contributed by atoms with Crippen LogP contribution >= 0.6 is 0 Å². The molecule has 1 fully saturated rings. The van der Waals surface area contributed by atoms with Crippen molar-refractivity contribution in [3.05, 3.63) is 82.8 Å². The van der Waals surface area contributed by atoms with Crippen LogP contribution < -0.4 is 21.5 Å². The quantitative estimate of drug-likeness (QED) is 0.428. The number of fused-ring (bicyclic) bond motifs is 1. The van der Waals surface area contributed by atoms with Gasteiger partial charge < -0.3 is 25.8 Å². The molecule has 1 amide bonds. The maximum Gasteiger partial charge on any atom is 0.259 e. The summed E-state index contributed by atoms with van der Waals surface area (Å²) in [5, 5.41) is 4.47. The van der Waals surface area contributed by atoms with Crippen LogP contribution in [0.3, 0.4) is 0 Å². The van der Waals surface area contributed by atoms with Crippen molar-refractivity contribution in [2.24, 2.45) is 5.73 Å². The van der Waals surface area contributed by atoms with Gasteiger partial charge in [0.05, 0.1) is 11.1 Å². The molecular formula is C26H26N6O2. The number of likely N-dealkylation sites (N-methyl/N-ethyl adjacent to an activating group) is 1. The third-order valence-electron chi connectivity index (χ3n) is 6.22. The van der Waals surface area contributed by atoms with Crippen molar-refractivity contribution in [3.63, 3.8) is 0 Å². The molecule has 3 heterocycles. The molecule has 4 N–H and O–H groups in total. The summed E-state index contributed by atoms with van der Waals surface area (Å²) in [5.74, 6) is -0.113. The Labute approximate surface area is 197 Å². The summed E-state index contributed by atoms with van der Waals surface area (Å²) in [4.78, 5) is 36.8. The summed E-state index contributed by atoms with van der Waals surface area (Å²) < 4.78 is 0. The Balaban J connectivity index is 1.53. The number of hydrogen-bond donors (Lipinski definition) is 3. The number of benzene rings is 2. The van der Waals surface area contributed by atoms with E-state index in [0.29, 0.717) is 33.4 Å². The maximum absolute atomic E-state index is 12.7. The number of rotatable bonds is 5. The number of anilines is 3. The molecule has 0 atom stereocenters. The van der Waals surface area contributed by atoms with Crippen molar-refractivity contribution < 1.29 is 4.79 Å². The summed E-state index contributed by atoms with van der Waals surface area (Å²) in [6.45, 7) is 4.06. The van der Waals surface area contributed by atoms with Crippen LogP contribution in [0, 0.1) is 0 Å². The predicted octanol–water partition coefficient (Wildman–Crippen LogP) is 3.18. The van der Waals surface area contributed by atoms with Crippen molar-refractivity contribution in [1.82, 2.24) is 14.9 Å². The Morgan fingerprint density at radius 3 is 2.50 bits per heavy atom. The number of pyridine rings is 2. The summed E-state index contributed by atoms with van der Waals surface area (Å²) in [6.07, 6.45) is 1.60. The molecule has 0 spiro atoms. The van der Waals surface area contributed by atoms with E-state index in [2.05, 4.69) is 39.3 Å². The molecule has 5 rings (SSSR count). The van der Waals surface area contributed by atoms with Crippen molar-refractivity contribution in [2.45, 2.75) is 0 Å². The molecule has 1 saturated heterocycles. The Hall–Kier alpha value is -4.17. The van der Waals surface area contributed by atoms with Gasteiger partial charge in [-0.05, 0) is 54.9 Å². The first kappa shape index (κ1) is 21.7. The molecular weight excluding hydrogens is 428 g/mol. The number of primary amides is 1. The van der Waals surface area contributed by atoms with E-state index in [1.807, 2.05) is 24.3 Å². The molecule has 1 aliphatic heterocycles. The average Bonchev–Trinajstić information content (AvgIpc) is 2.85. The number of nitrogens with two attached hydrogens (primary N) is 1. The smallest absolute Gasteiger partial charge is 0.259 e. The van der Waals surface area contributed by atoms with Gasteiger partial charge in [0, 0.05) is 54.9 Å². The minimum Gasteiger partial charge on any atom is -0.369 e. The second-order valence-corrected chi connectivity index (χ2v) is 8.50. The molecule has 0 unspecified atom stereocenters. The van der Waals surface area contributed by atoms with E-state index in [9.17, 15) is 9.59 Å². The second kappa shape index (κ2) is 8.99. The van der Waals surface area contributed by atoms with Crippen LogP contribution in [0.15, 0.2) is 71.7 Å². The van der Waals surface area contributed by atoms with Crippen LogP contribution in [0.1, 0.15) is 10.4 Å². The first-order valence-electron chi connectivity index (χ1n) is 11.2. The van der Waals surface area contributed by atoms with Gasteiger partial charge in [-0.25, -0.2) is 4.98 Å². The molecule has 2 aromatic carbocycles. The molecule has 172 valence electrons. The maximum atomic E-state index is 12.7. The van der Waals surface area contributed by atoms with Crippen molar-refractivity contribution in [3.8, 4) is 11.3 Å². The molecule has 0 aliphatic carbocycles. The number of nitrogens with zero attached hydrogens (tertiary/aromatic N) is 3. The van der Waals surface area contributed by atoms with E-state index in [4.69, 9.17) is 10.7 Å². The van der Waals surface area contributed by atoms with Gasteiger partial charge in [-0.1, -0.05) is 18.2 Å². The second-order valence-electron chi connectivity index (χ2n) is 8.50. The number of carbonyl (C=O) groups excluding carboxylic acids is 1. The van der Waals surface area contributed by atoms with Crippen LogP contribution in [0.4, 0.5) is 17.2 Å². The minimum atomic E-state index is -0.530. The van der Waals surface area contributed by atoms with E-state index >= 15 is 0 Å². The highest BCUT2D eigenvalue weighted by Crippen LogP contribution is 2.30. The molecule has 34 heavy (non-hydrogen) atoms. The highest BCUT2D eigenvalue weighted by atomic mass is 16.1. The van der Waals surface area contributed by atoms with Crippen molar-refractivity contribution in [1.29, 1.82) is 0 Å². The highest BCUT2D eigenvalue weighted by Gasteiger charge is 2.16. The first-order valence-corrected chi connectivity index (χ1v) is 11.2. The summed E-state index contributed by atoms with van der Waals surface area (Å²) in [5.41, 5.74) is 8.88. The van der Waals surface area contributed by atoms with Gasteiger partial charge in [0.25, 0.3) is 5.56 Å². The fourth-order valence-electron chi connectivity index (χ4n) is 4.32. The normalized spacial score (nSPS) is 14.3. The van der Waals surface area contributed by atoms with E-state index in [1.54, 1.807) is 30.5 Å². The first-order chi connectivity index (χ1) is 16.5. The zero-order valence-electron chi connectivity index (χ0n) is 18.9. The molecule has 1 aliphatic rings. The Bertz CT molecular complexity index is 1410. The fourth-order valence-corrected chi connectivity index (χ4v) is 4.32. The van der Waals surface area contributed by atoms with E-state index in [1.165, 1.54) is 5.69 Å². The number of nitrogens with one attached hydrogen (secondary N) is 2. The van der Waals surface area contributed by atoms with Gasteiger partial charge in [-0.15, -0.1) is 0 Å². The average molecular weight is 455 g/mol. The minimum absolute atomic E-state index is 0.240. The Morgan fingerprint density at radius 1 is 1.03 bits per heavy atom. The standard InChI is InChI=1S/C26H26N6O2/c1-31-12-14-32(15-13-31)19-8-6-18(7-9-19)29-25-23-17(10-11-28-26(23)34)16-22(30-25)20-4-2-3-5-21(20)24(27)33/h2-11,16H,12-15H2,1H3,(H2,27,33)(H,28,34)(H,29,30). The fraction of sp³-hybridized carbons (Fsp3) is 0.192. The lowest BCUT2D eigenvalue weighted by molar-refractivity contribution is 0.100. The van der Waals surface area contributed by atoms with Crippen LogP contribution in [-0.4, -0.2) is 54.0 Å². The summed E-state index contributed by atoms with van der Waals surface area (Å²) >= 11 is 0.